The van der Waals surface area contributed by atoms with Crippen LogP contribution in [0.25, 0.3) is 0 Å². The molecule has 0 atom stereocenters. The van der Waals surface area contributed by atoms with Gasteiger partial charge in [-0.25, -0.2) is 0 Å². The van der Waals surface area contributed by atoms with E-state index in [4.69, 9.17) is 9.84 Å². The molecule has 1 rings (SSSR count). The molecule has 0 aliphatic rings. The molecule has 1 amide bonds. The van der Waals surface area contributed by atoms with Crippen molar-refractivity contribution in [3.8, 4) is 5.75 Å². The van der Waals surface area contributed by atoms with Crippen molar-refractivity contribution in [3.05, 3.63) is 42.0 Å². The van der Waals surface area contributed by atoms with Crippen LogP contribution in [0.1, 0.15) is 12.5 Å². The fourth-order valence-electron chi connectivity index (χ4n) is 1.68. The first kappa shape index (κ1) is 14.3. The molecular weight excluding hydrogens is 230 g/mol. The van der Waals surface area contributed by atoms with Crippen molar-refractivity contribution in [1.29, 1.82) is 0 Å². The van der Waals surface area contributed by atoms with E-state index in [2.05, 4.69) is 0 Å². The van der Waals surface area contributed by atoms with Gasteiger partial charge >= 0.3 is 0 Å². The van der Waals surface area contributed by atoms with Gasteiger partial charge in [-0.2, -0.15) is 0 Å². The minimum atomic E-state index is -0.113. The summed E-state index contributed by atoms with van der Waals surface area (Å²) in [5, 5.41) is 9.01. The Balaban J connectivity index is 2.85. The number of allylic oxidation sites excluding steroid dienone is 1. The van der Waals surface area contributed by atoms with Gasteiger partial charge in [0, 0.05) is 18.7 Å². The second-order valence-corrected chi connectivity index (χ2v) is 3.80. The minimum absolute atomic E-state index is 0.0571. The van der Waals surface area contributed by atoms with Crippen LogP contribution in [0.3, 0.4) is 0 Å². The highest BCUT2D eigenvalue weighted by Crippen LogP contribution is 2.19. The maximum Gasteiger partial charge on any atom is 0.246 e. The van der Waals surface area contributed by atoms with Crippen LogP contribution in [0.5, 0.6) is 5.75 Å². The van der Waals surface area contributed by atoms with Crippen LogP contribution >= 0.6 is 0 Å². The first-order valence-electron chi connectivity index (χ1n) is 5.87. The number of aliphatic hydroxyl groups excluding tert-OH is 1. The number of hydrogen-bond acceptors (Lipinski definition) is 3. The summed E-state index contributed by atoms with van der Waals surface area (Å²) in [5.41, 5.74) is 0.923. The van der Waals surface area contributed by atoms with Gasteiger partial charge in [0.25, 0.3) is 0 Å². The Bertz CT molecular complexity index is 415. The molecule has 4 nitrogen and oxygen atoms in total. The second kappa shape index (κ2) is 7.50. The van der Waals surface area contributed by atoms with Gasteiger partial charge < -0.3 is 14.7 Å². The smallest absolute Gasteiger partial charge is 0.246 e. The Hall–Kier alpha value is -1.81. The van der Waals surface area contributed by atoms with Crippen molar-refractivity contribution in [1.82, 2.24) is 4.90 Å². The van der Waals surface area contributed by atoms with Crippen LogP contribution in [-0.2, 0) is 11.3 Å². The molecule has 0 saturated heterocycles. The summed E-state index contributed by atoms with van der Waals surface area (Å²) in [6, 6.07) is 7.54. The lowest BCUT2D eigenvalue weighted by atomic mass is 10.2. The van der Waals surface area contributed by atoms with E-state index in [1.165, 1.54) is 6.08 Å². The zero-order valence-electron chi connectivity index (χ0n) is 10.8. The van der Waals surface area contributed by atoms with Gasteiger partial charge in [0.05, 0.1) is 13.7 Å². The second-order valence-electron chi connectivity index (χ2n) is 3.80. The largest absolute Gasteiger partial charge is 0.496 e. The summed E-state index contributed by atoms with van der Waals surface area (Å²) < 4.78 is 5.25. The van der Waals surface area contributed by atoms with E-state index in [1.807, 2.05) is 24.3 Å². The zero-order valence-corrected chi connectivity index (χ0v) is 10.8. The minimum Gasteiger partial charge on any atom is -0.496 e. The van der Waals surface area contributed by atoms with E-state index >= 15 is 0 Å². The number of carbonyl (C=O) groups excluding carboxylic acids is 1. The number of rotatable bonds is 6. The summed E-state index contributed by atoms with van der Waals surface area (Å²) in [4.78, 5) is 13.4. The average Bonchev–Trinajstić information content (AvgIpc) is 2.39. The summed E-state index contributed by atoms with van der Waals surface area (Å²) >= 11 is 0. The highest BCUT2D eigenvalue weighted by atomic mass is 16.5. The molecule has 1 N–H and O–H groups in total. The third-order valence-electron chi connectivity index (χ3n) is 2.54. The number of ether oxygens (including phenoxy) is 1. The molecule has 0 bridgehead atoms. The fraction of sp³-hybridized carbons (Fsp3) is 0.357. The molecule has 0 aliphatic carbocycles. The summed E-state index contributed by atoms with van der Waals surface area (Å²) in [7, 11) is 1.60. The van der Waals surface area contributed by atoms with E-state index in [0.717, 1.165) is 11.3 Å². The highest BCUT2D eigenvalue weighted by molar-refractivity contribution is 5.87. The van der Waals surface area contributed by atoms with Gasteiger partial charge in [-0.1, -0.05) is 24.3 Å². The first-order chi connectivity index (χ1) is 8.72. The Labute approximate surface area is 107 Å². The average molecular weight is 249 g/mol. The lowest BCUT2D eigenvalue weighted by Crippen LogP contribution is -2.31. The topological polar surface area (TPSA) is 49.8 Å². The number of benzene rings is 1. The molecule has 0 radical (unpaired) electrons. The fourth-order valence-corrected chi connectivity index (χ4v) is 1.68. The van der Waals surface area contributed by atoms with Crippen molar-refractivity contribution in [2.75, 3.05) is 20.3 Å². The van der Waals surface area contributed by atoms with Gasteiger partial charge in [-0.3, -0.25) is 4.79 Å². The predicted octanol–water partition coefficient (Wildman–Crippen LogP) is 1.59. The molecule has 0 heterocycles. The normalized spacial score (nSPS) is 10.6. The lowest BCUT2D eigenvalue weighted by molar-refractivity contribution is -0.127. The SMILES string of the molecule is CC=CC(=O)N(CCO)Cc1ccccc1OC. The number of hydrogen-bond donors (Lipinski definition) is 1. The van der Waals surface area contributed by atoms with Crippen LogP contribution in [0.2, 0.25) is 0 Å². The summed E-state index contributed by atoms with van der Waals surface area (Å²) in [6.45, 7) is 2.46. The van der Waals surface area contributed by atoms with E-state index in [9.17, 15) is 4.79 Å². The van der Waals surface area contributed by atoms with E-state index in [0.29, 0.717) is 13.1 Å². The number of carbonyl (C=O) groups is 1. The lowest BCUT2D eigenvalue weighted by Gasteiger charge is -2.21. The summed E-state index contributed by atoms with van der Waals surface area (Å²) in [6.07, 6.45) is 3.18. The molecule has 0 fully saturated rings. The van der Waals surface area contributed by atoms with Crippen molar-refractivity contribution in [3.63, 3.8) is 0 Å². The first-order valence-corrected chi connectivity index (χ1v) is 5.87. The third-order valence-corrected chi connectivity index (χ3v) is 2.54. The van der Waals surface area contributed by atoms with Crippen molar-refractivity contribution >= 4 is 5.91 Å². The van der Waals surface area contributed by atoms with Crippen LogP contribution < -0.4 is 4.74 Å². The molecule has 0 aliphatic heterocycles. The van der Waals surface area contributed by atoms with Crippen LogP contribution in [0.4, 0.5) is 0 Å². The third kappa shape index (κ3) is 3.89. The number of methoxy groups -OCH3 is 1. The molecule has 0 aromatic heterocycles. The standard InChI is InChI=1S/C14H19NO3/c1-3-6-14(17)15(9-10-16)11-12-7-4-5-8-13(12)18-2/h3-8,16H,9-11H2,1-2H3. The summed E-state index contributed by atoms with van der Waals surface area (Å²) in [5.74, 6) is 0.631. The monoisotopic (exact) mass is 249 g/mol. The van der Waals surface area contributed by atoms with Gasteiger partial charge in [0.15, 0.2) is 0 Å². The van der Waals surface area contributed by atoms with Crippen molar-refractivity contribution in [2.24, 2.45) is 0 Å². The Morgan fingerprint density at radius 3 is 2.78 bits per heavy atom. The van der Waals surface area contributed by atoms with Crippen LogP contribution in [0.15, 0.2) is 36.4 Å². The van der Waals surface area contributed by atoms with Gasteiger partial charge in [-0.05, 0) is 19.1 Å². The van der Waals surface area contributed by atoms with Gasteiger partial charge in [0.2, 0.25) is 5.91 Å². The number of aliphatic hydroxyl groups is 1. The molecular formula is C14H19NO3. The van der Waals surface area contributed by atoms with Crippen LogP contribution in [0, 0.1) is 0 Å². The van der Waals surface area contributed by atoms with Gasteiger partial charge in [0.1, 0.15) is 5.75 Å². The number of para-hydroxylation sites is 1. The van der Waals surface area contributed by atoms with E-state index < -0.39 is 0 Å². The molecule has 1 aromatic rings. The Morgan fingerprint density at radius 1 is 1.44 bits per heavy atom. The number of nitrogens with zero attached hydrogens (tertiary/aromatic N) is 1. The molecule has 1 aromatic carbocycles. The van der Waals surface area contributed by atoms with Crippen molar-refractivity contribution in [2.45, 2.75) is 13.5 Å². The van der Waals surface area contributed by atoms with Crippen molar-refractivity contribution < 1.29 is 14.6 Å². The van der Waals surface area contributed by atoms with Crippen LogP contribution in [-0.4, -0.2) is 36.2 Å². The zero-order chi connectivity index (χ0) is 13.4. The Morgan fingerprint density at radius 2 is 2.17 bits per heavy atom. The predicted molar refractivity (Wildman–Crippen MR) is 70.3 cm³/mol. The molecule has 0 spiro atoms. The molecule has 98 valence electrons. The van der Waals surface area contributed by atoms with E-state index in [-0.39, 0.29) is 12.5 Å². The number of amides is 1. The maximum absolute atomic E-state index is 11.8. The molecule has 18 heavy (non-hydrogen) atoms. The quantitative estimate of drug-likeness (QED) is 0.779. The van der Waals surface area contributed by atoms with Gasteiger partial charge in [-0.15, -0.1) is 0 Å². The molecule has 0 saturated carbocycles. The van der Waals surface area contributed by atoms with E-state index in [1.54, 1.807) is 25.0 Å². The molecule has 4 heteroatoms. The Kier molecular flexibility index (Phi) is 5.94. The molecule has 0 unspecified atom stereocenters. The maximum atomic E-state index is 11.8. The highest BCUT2D eigenvalue weighted by Gasteiger charge is 2.12.